The first-order valence-electron chi connectivity index (χ1n) is 4.80. The maximum Gasteiger partial charge on any atom is 0.209 e. The fourth-order valence-electron chi connectivity index (χ4n) is 1.23. The summed E-state index contributed by atoms with van der Waals surface area (Å²) in [5.74, 6) is 0.601. The molecule has 0 bridgehead atoms. The van der Waals surface area contributed by atoms with Gasteiger partial charge < -0.3 is 0 Å². The number of H-pyrrole nitrogens is 1. The molecular weight excluding hydrogens is 261 g/mol. The minimum Gasteiger partial charge on any atom is -0.258 e. The van der Waals surface area contributed by atoms with Crippen LogP contribution in [0.15, 0.2) is 41.0 Å². The van der Waals surface area contributed by atoms with Crippen molar-refractivity contribution in [1.29, 1.82) is 0 Å². The average molecular weight is 270 g/mol. The molecule has 0 aliphatic heterocycles. The summed E-state index contributed by atoms with van der Waals surface area (Å²) >= 11 is 6.98. The number of nitrogens with one attached hydrogen (secondary N) is 1. The van der Waals surface area contributed by atoms with E-state index in [1.807, 2.05) is 0 Å². The minimum atomic E-state index is -0.332. The van der Waals surface area contributed by atoms with E-state index in [1.54, 1.807) is 18.2 Å². The Morgan fingerprint density at radius 1 is 1.47 bits per heavy atom. The zero-order chi connectivity index (χ0) is 12.3. The molecule has 0 fully saturated rings. The van der Waals surface area contributed by atoms with Crippen molar-refractivity contribution in [3.05, 3.63) is 41.7 Å². The number of thioether (sulfide) groups is 1. The summed E-state index contributed by atoms with van der Waals surface area (Å²) < 4.78 is 13.5. The third-order valence-corrected chi connectivity index (χ3v) is 3.18. The van der Waals surface area contributed by atoms with Gasteiger partial charge in [0.2, 0.25) is 5.16 Å². The van der Waals surface area contributed by atoms with Gasteiger partial charge >= 0.3 is 0 Å². The third-order valence-electron chi connectivity index (χ3n) is 1.95. The number of nitrogens with zero attached hydrogens (tertiary/aromatic N) is 2. The molecule has 2 aromatic rings. The lowest BCUT2D eigenvalue weighted by Crippen LogP contribution is -1.85. The number of hydrogen-bond donors (Lipinski definition) is 1. The number of rotatable bonds is 4. The topological polar surface area (TPSA) is 41.6 Å². The fraction of sp³-hybridized carbons (Fsp3) is 0.0909. The molecule has 88 valence electrons. The van der Waals surface area contributed by atoms with Gasteiger partial charge in [0.1, 0.15) is 5.82 Å². The maximum absolute atomic E-state index is 13.5. The van der Waals surface area contributed by atoms with Crippen LogP contribution in [0.5, 0.6) is 0 Å². The van der Waals surface area contributed by atoms with Gasteiger partial charge in [0.05, 0.1) is 5.56 Å². The van der Waals surface area contributed by atoms with Gasteiger partial charge in [0.25, 0.3) is 0 Å². The van der Waals surface area contributed by atoms with Crippen molar-refractivity contribution in [3.63, 3.8) is 0 Å². The van der Waals surface area contributed by atoms with E-state index in [0.717, 1.165) is 0 Å². The molecule has 6 heteroatoms. The molecule has 0 radical (unpaired) electrons. The van der Waals surface area contributed by atoms with E-state index in [2.05, 4.69) is 21.8 Å². The van der Waals surface area contributed by atoms with Crippen LogP contribution in [0.2, 0.25) is 0 Å². The van der Waals surface area contributed by atoms with Gasteiger partial charge in [0.15, 0.2) is 5.82 Å². The number of aromatic amines is 1. The van der Waals surface area contributed by atoms with Gasteiger partial charge in [-0.25, -0.2) is 9.37 Å². The molecule has 2 rings (SSSR count). The molecule has 1 heterocycles. The van der Waals surface area contributed by atoms with Crippen LogP contribution in [-0.4, -0.2) is 20.9 Å². The highest BCUT2D eigenvalue weighted by molar-refractivity contribution is 7.99. The zero-order valence-electron chi connectivity index (χ0n) is 8.78. The summed E-state index contributed by atoms with van der Waals surface area (Å²) in [6.07, 6.45) is 0. The molecule has 0 unspecified atom stereocenters. The number of aromatic nitrogens is 3. The minimum absolute atomic E-state index is 0.332. The second-order valence-corrected chi connectivity index (χ2v) is 4.73. The van der Waals surface area contributed by atoms with Gasteiger partial charge in [-0.1, -0.05) is 42.1 Å². The largest absolute Gasteiger partial charge is 0.258 e. The van der Waals surface area contributed by atoms with E-state index in [9.17, 15) is 4.39 Å². The third kappa shape index (κ3) is 3.08. The smallest absolute Gasteiger partial charge is 0.209 e. The van der Waals surface area contributed by atoms with E-state index in [-0.39, 0.29) is 5.82 Å². The van der Waals surface area contributed by atoms with Crippen molar-refractivity contribution >= 4 is 23.4 Å². The summed E-state index contributed by atoms with van der Waals surface area (Å²) in [6, 6.07) is 6.40. The van der Waals surface area contributed by atoms with Crippen LogP contribution in [0.4, 0.5) is 4.39 Å². The van der Waals surface area contributed by atoms with Crippen molar-refractivity contribution in [1.82, 2.24) is 15.2 Å². The Hall–Kier alpha value is -1.33. The lowest BCUT2D eigenvalue weighted by Gasteiger charge is -1.96. The first-order valence-corrected chi connectivity index (χ1v) is 6.16. The van der Waals surface area contributed by atoms with Crippen LogP contribution < -0.4 is 0 Å². The van der Waals surface area contributed by atoms with E-state index >= 15 is 0 Å². The second-order valence-electron chi connectivity index (χ2n) is 3.25. The van der Waals surface area contributed by atoms with E-state index < -0.39 is 0 Å². The molecule has 0 saturated heterocycles. The van der Waals surface area contributed by atoms with Crippen molar-refractivity contribution in [2.24, 2.45) is 0 Å². The van der Waals surface area contributed by atoms with Crippen LogP contribution >= 0.6 is 23.4 Å². The van der Waals surface area contributed by atoms with Gasteiger partial charge in [-0.15, -0.1) is 5.10 Å². The van der Waals surface area contributed by atoms with Gasteiger partial charge in [-0.2, -0.15) is 0 Å². The van der Waals surface area contributed by atoms with E-state index in [4.69, 9.17) is 11.6 Å². The predicted octanol–water partition coefficient (Wildman–Crippen LogP) is 3.46. The van der Waals surface area contributed by atoms with Crippen LogP contribution in [0, 0.1) is 5.82 Å². The fourth-order valence-corrected chi connectivity index (χ4v) is 1.94. The van der Waals surface area contributed by atoms with Crippen LogP contribution in [0.1, 0.15) is 0 Å². The lowest BCUT2D eigenvalue weighted by atomic mass is 10.2. The molecule has 1 aromatic heterocycles. The summed E-state index contributed by atoms with van der Waals surface area (Å²) in [5, 5.41) is 7.70. The second kappa shape index (κ2) is 5.33. The Balaban J connectivity index is 2.18. The summed E-state index contributed by atoms with van der Waals surface area (Å²) in [7, 11) is 0. The molecule has 3 nitrogen and oxygen atoms in total. The lowest BCUT2D eigenvalue weighted by molar-refractivity contribution is 0.630. The van der Waals surface area contributed by atoms with Crippen LogP contribution in [0.3, 0.4) is 0 Å². The van der Waals surface area contributed by atoms with Gasteiger partial charge in [0, 0.05) is 10.8 Å². The standard InChI is InChI=1S/C11H9ClFN3S/c1-7(12)6-17-11-14-10(15-16-11)8-4-2-3-5-9(8)13/h2-5H,1,6H2,(H,14,15,16). The Kier molecular flexibility index (Phi) is 3.81. The highest BCUT2D eigenvalue weighted by Gasteiger charge is 2.09. The summed E-state index contributed by atoms with van der Waals surface area (Å²) in [4.78, 5) is 4.17. The summed E-state index contributed by atoms with van der Waals surface area (Å²) in [6.45, 7) is 3.57. The molecule has 17 heavy (non-hydrogen) atoms. The van der Waals surface area contributed by atoms with Gasteiger partial charge in [-0.05, 0) is 12.1 Å². The normalized spacial score (nSPS) is 10.5. The highest BCUT2D eigenvalue weighted by Crippen LogP contribution is 2.22. The average Bonchev–Trinajstić information content (AvgIpc) is 2.75. The van der Waals surface area contributed by atoms with Crippen LogP contribution in [0.25, 0.3) is 11.4 Å². The highest BCUT2D eigenvalue weighted by atomic mass is 35.5. The van der Waals surface area contributed by atoms with Crippen molar-refractivity contribution in [2.45, 2.75) is 5.16 Å². The zero-order valence-corrected chi connectivity index (χ0v) is 10.4. The quantitative estimate of drug-likeness (QED) is 0.865. The molecule has 0 atom stereocenters. The molecular formula is C11H9ClFN3S. The summed E-state index contributed by atoms with van der Waals surface area (Å²) in [5.41, 5.74) is 0.400. The van der Waals surface area contributed by atoms with E-state index in [1.165, 1.54) is 17.8 Å². The molecule has 0 spiro atoms. The van der Waals surface area contributed by atoms with Crippen molar-refractivity contribution < 1.29 is 4.39 Å². The van der Waals surface area contributed by atoms with Crippen molar-refractivity contribution in [2.75, 3.05) is 5.75 Å². The maximum atomic E-state index is 13.5. The van der Waals surface area contributed by atoms with Crippen molar-refractivity contribution in [3.8, 4) is 11.4 Å². The Labute approximate surface area is 107 Å². The first kappa shape index (κ1) is 12.1. The van der Waals surface area contributed by atoms with Crippen LogP contribution in [-0.2, 0) is 0 Å². The van der Waals surface area contributed by atoms with Gasteiger partial charge in [-0.3, -0.25) is 5.10 Å². The SMILES string of the molecule is C=C(Cl)CSc1n[nH]c(-c2ccccc2F)n1. The number of halogens is 2. The number of benzene rings is 1. The predicted molar refractivity (Wildman–Crippen MR) is 67.5 cm³/mol. The molecule has 1 N–H and O–H groups in total. The molecule has 0 amide bonds. The Morgan fingerprint density at radius 2 is 2.24 bits per heavy atom. The number of hydrogen-bond acceptors (Lipinski definition) is 3. The monoisotopic (exact) mass is 269 g/mol. The Bertz CT molecular complexity index is 541. The van der Waals surface area contributed by atoms with E-state index in [0.29, 0.717) is 27.3 Å². The Morgan fingerprint density at radius 3 is 2.94 bits per heavy atom. The molecule has 1 aromatic carbocycles. The molecule has 0 aliphatic carbocycles. The first-order chi connectivity index (χ1) is 8.16. The molecule has 0 aliphatic rings. The molecule has 0 saturated carbocycles.